The van der Waals surface area contributed by atoms with Gasteiger partial charge in [-0.25, -0.2) is 8.42 Å². The van der Waals surface area contributed by atoms with E-state index >= 15 is 0 Å². The standard InChI is InChI=1S/C25H35N5O4S/c1-18(2)20-6-4-19(5-7-20)10-11-30(17-24(32)29-14-12-28(3)13-15-29)35(33,34)23-16-21(25(26)27)8-9-22(23)31/h4-9,16,18,31H,10-15,17H2,1-3H3,(H3,26,27). The number of nitrogens with one attached hydrogen (secondary N) is 1. The van der Waals surface area contributed by atoms with E-state index in [-0.39, 0.29) is 35.3 Å². The van der Waals surface area contributed by atoms with Crippen LogP contribution in [-0.2, 0) is 21.2 Å². The van der Waals surface area contributed by atoms with Crippen molar-refractivity contribution in [3.8, 4) is 5.75 Å². The van der Waals surface area contributed by atoms with Gasteiger partial charge in [0.1, 0.15) is 16.5 Å². The number of phenols is 1. The van der Waals surface area contributed by atoms with Crippen molar-refractivity contribution in [3.05, 3.63) is 59.2 Å². The van der Waals surface area contributed by atoms with Crippen LogP contribution in [0.25, 0.3) is 0 Å². The number of nitrogen functional groups attached to an aromatic ring is 1. The van der Waals surface area contributed by atoms with E-state index in [1.165, 1.54) is 23.8 Å². The molecule has 1 amide bonds. The Balaban J connectivity index is 1.88. The molecule has 0 radical (unpaired) electrons. The normalized spacial score (nSPS) is 15.1. The number of carbonyl (C=O) groups is 1. The van der Waals surface area contributed by atoms with Crippen LogP contribution in [0.5, 0.6) is 5.75 Å². The largest absolute Gasteiger partial charge is 0.507 e. The van der Waals surface area contributed by atoms with Gasteiger partial charge in [0, 0.05) is 38.3 Å². The molecule has 0 unspecified atom stereocenters. The number of amidine groups is 1. The highest BCUT2D eigenvalue weighted by atomic mass is 32.2. The van der Waals surface area contributed by atoms with Crippen molar-refractivity contribution < 1.29 is 18.3 Å². The maximum atomic E-state index is 13.6. The topological polar surface area (TPSA) is 131 Å². The zero-order chi connectivity index (χ0) is 25.8. The van der Waals surface area contributed by atoms with Gasteiger partial charge < -0.3 is 20.6 Å². The molecule has 0 atom stereocenters. The van der Waals surface area contributed by atoms with Crippen LogP contribution in [0.15, 0.2) is 47.4 Å². The van der Waals surface area contributed by atoms with Crippen LogP contribution in [0.2, 0.25) is 0 Å². The molecule has 4 N–H and O–H groups in total. The van der Waals surface area contributed by atoms with Crippen LogP contribution in [0.1, 0.15) is 36.5 Å². The fourth-order valence-corrected chi connectivity index (χ4v) is 5.44. The van der Waals surface area contributed by atoms with Gasteiger partial charge in [0.05, 0.1) is 6.54 Å². The highest BCUT2D eigenvalue weighted by molar-refractivity contribution is 7.89. The molecule has 9 nitrogen and oxygen atoms in total. The molecule has 1 fully saturated rings. The molecular formula is C25H35N5O4S. The van der Waals surface area contributed by atoms with Crippen LogP contribution in [0, 0.1) is 5.41 Å². The number of piperazine rings is 1. The van der Waals surface area contributed by atoms with Gasteiger partial charge in [-0.2, -0.15) is 4.31 Å². The summed E-state index contributed by atoms with van der Waals surface area (Å²) in [6.07, 6.45) is 0.404. The molecule has 1 aliphatic rings. The van der Waals surface area contributed by atoms with Gasteiger partial charge in [0.2, 0.25) is 15.9 Å². The maximum absolute atomic E-state index is 13.6. The summed E-state index contributed by atoms with van der Waals surface area (Å²) in [5, 5.41) is 18.0. The van der Waals surface area contributed by atoms with Crippen molar-refractivity contribution in [2.45, 2.75) is 31.1 Å². The summed E-state index contributed by atoms with van der Waals surface area (Å²) in [4.78, 5) is 16.5. The third-order valence-corrected chi connectivity index (χ3v) is 8.23. The molecule has 1 saturated heterocycles. The van der Waals surface area contributed by atoms with E-state index in [4.69, 9.17) is 11.1 Å². The Kier molecular flexibility index (Phi) is 8.52. The second-order valence-corrected chi connectivity index (χ2v) is 11.2. The van der Waals surface area contributed by atoms with E-state index < -0.39 is 15.8 Å². The molecule has 0 bridgehead atoms. The minimum atomic E-state index is -4.25. The number of hydrogen-bond donors (Lipinski definition) is 3. The van der Waals surface area contributed by atoms with Crippen LogP contribution >= 0.6 is 0 Å². The first kappa shape index (κ1) is 26.7. The summed E-state index contributed by atoms with van der Waals surface area (Å²) >= 11 is 0. The Morgan fingerprint density at radius 1 is 1.11 bits per heavy atom. The van der Waals surface area contributed by atoms with Crippen molar-refractivity contribution >= 4 is 21.8 Å². The maximum Gasteiger partial charge on any atom is 0.247 e. The van der Waals surface area contributed by atoms with Gasteiger partial charge in [-0.15, -0.1) is 0 Å². The molecule has 35 heavy (non-hydrogen) atoms. The molecule has 0 saturated carbocycles. The van der Waals surface area contributed by atoms with Crippen LogP contribution in [0.3, 0.4) is 0 Å². The molecule has 2 aromatic rings. The minimum Gasteiger partial charge on any atom is -0.507 e. The summed E-state index contributed by atoms with van der Waals surface area (Å²) in [7, 11) is -2.27. The molecule has 0 spiro atoms. The number of aromatic hydroxyl groups is 1. The highest BCUT2D eigenvalue weighted by Gasteiger charge is 2.31. The second-order valence-electron chi connectivity index (χ2n) is 9.27. The van der Waals surface area contributed by atoms with Crippen molar-refractivity contribution in [2.75, 3.05) is 46.3 Å². The van der Waals surface area contributed by atoms with Crippen molar-refractivity contribution in [1.29, 1.82) is 5.41 Å². The second kappa shape index (κ2) is 11.2. The average molecular weight is 502 g/mol. The summed E-state index contributed by atoms with van der Waals surface area (Å²) < 4.78 is 28.4. The molecule has 2 aromatic carbocycles. The first-order valence-electron chi connectivity index (χ1n) is 11.7. The number of nitrogens with two attached hydrogens (primary N) is 1. The number of amides is 1. The Hall–Kier alpha value is -2.95. The number of phenolic OH excluding ortho intramolecular Hbond substituents is 1. The van der Waals surface area contributed by atoms with E-state index in [2.05, 4.69) is 18.7 Å². The van der Waals surface area contributed by atoms with Crippen LogP contribution < -0.4 is 5.73 Å². The summed E-state index contributed by atoms with van der Waals surface area (Å²) in [6.45, 7) is 6.45. The molecule has 0 aromatic heterocycles. The van der Waals surface area contributed by atoms with Crippen LogP contribution in [-0.4, -0.2) is 85.7 Å². The number of rotatable bonds is 9. The first-order valence-corrected chi connectivity index (χ1v) is 13.2. The lowest BCUT2D eigenvalue weighted by molar-refractivity contribution is -0.132. The van der Waals surface area contributed by atoms with E-state index in [1.807, 2.05) is 31.3 Å². The molecule has 10 heteroatoms. The number of likely N-dealkylation sites (N-methyl/N-ethyl adjacent to an activating group) is 1. The number of benzene rings is 2. The zero-order valence-electron chi connectivity index (χ0n) is 20.6. The van der Waals surface area contributed by atoms with Gasteiger partial charge in [0.15, 0.2) is 0 Å². The van der Waals surface area contributed by atoms with Crippen molar-refractivity contribution in [3.63, 3.8) is 0 Å². The first-order chi connectivity index (χ1) is 16.5. The number of nitrogens with zero attached hydrogens (tertiary/aromatic N) is 3. The third kappa shape index (κ3) is 6.59. The van der Waals surface area contributed by atoms with Gasteiger partial charge in [0.25, 0.3) is 0 Å². The van der Waals surface area contributed by atoms with Gasteiger partial charge >= 0.3 is 0 Å². The minimum absolute atomic E-state index is 0.0621. The summed E-state index contributed by atoms with van der Waals surface area (Å²) in [6, 6.07) is 11.7. The molecule has 1 aliphatic heterocycles. The summed E-state index contributed by atoms with van der Waals surface area (Å²) in [5.41, 5.74) is 7.85. The van der Waals surface area contributed by atoms with E-state index in [0.29, 0.717) is 25.4 Å². The SMILES string of the molecule is CC(C)c1ccc(CCN(CC(=O)N2CCN(C)CC2)S(=O)(=O)c2cc(C(=N)N)ccc2O)cc1. The molecule has 190 valence electrons. The molecule has 1 heterocycles. The Bertz CT molecular complexity index is 1160. The molecule has 0 aliphatic carbocycles. The Morgan fingerprint density at radius 3 is 2.31 bits per heavy atom. The van der Waals surface area contributed by atoms with Gasteiger partial charge in [-0.3, -0.25) is 10.2 Å². The third-order valence-electron chi connectivity index (χ3n) is 6.35. The predicted octanol–water partition coefficient (Wildman–Crippen LogP) is 1.81. The Morgan fingerprint density at radius 2 is 1.74 bits per heavy atom. The smallest absolute Gasteiger partial charge is 0.247 e. The molecule has 3 rings (SSSR count). The highest BCUT2D eigenvalue weighted by Crippen LogP contribution is 2.27. The number of sulfonamides is 1. The predicted molar refractivity (Wildman–Crippen MR) is 136 cm³/mol. The van der Waals surface area contributed by atoms with Gasteiger partial charge in [-0.05, 0) is 48.7 Å². The van der Waals surface area contributed by atoms with Crippen LogP contribution in [0.4, 0.5) is 0 Å². The fraction of sp³-hybridized carbons (Fsp3) is 0.440. The monoisotopic (exact) mass is 501 g/mol. The van der Waals surface area contributed by atoms with Gasteiger partial charge in [-0.1, -0.05) is 38.1 Å². The number of carbonyl (C=O) groups excluding carboxylic acids is 1. The Labute approximate surface area is 207 Å². The lowest BCUT2D eigenvalue weighted by atomic mass is 10.0. The average Bonchev–Trinajstić information content (AvgIpc) is 2.82. The fourth-order valence-electron chi connectivity index (χ4n) is 3.94. The number of hydrogen-bond acceptors (Lipinski definition) is 6. The lowest BCUT2D eigenvalue weighted by Crippen LogP contribution is -2.51. The van der Waals surface area contributed by atoms with Crippen molar-refractivity contribution in [1.82, 2.24) is 14.1 Å². The quantitative estimate of drug-likeness (QED) is 0.355. The lowest BCUT2D eigenvalue weighted by Gasteiger charge is -2.34. The van der Waals surface area contributed by atoms with E-state index in [0.717, 1.165) is 23.0 Å². The van der Waals surface area contributed by atoms with Crippen molar-refractivity contribution in [2.24, 2.45) is 5.73 Å². The van der Waals surface area contributed by atoms with E-state index in [9.17, 15) is 18.3 Å². The van der Waals surface area contributed by atoms with E-state index in [1.54, 1.807) is 4.90 Å². The summed E-state index contributed by atoms with van der Waals surface area (Å²) in [5.74, 6) is -0.655. The zero-order valence-corrected chi connectivity index (χ0v) is 21.4. The molecular weight excluding hydrogens is 466 g/mol.